The molecule has 0 bridgehead atoms. The summed E-state index contributed by atoms with van der Waals surface area (Å²) in [5.41, 5.74) is 0.988. The van der Waals surface area contributed by atoms with Crippen molar-refractivity contribution < 1.29 is 0 Å². The van der Waals surface area contributed by atoms with Crippen LogP contribution in [-0.4, -0.2) is 17.6 Å². The smallest absolute Gasteiger partial charge is 0.137 e. The van der Waals surface area contributed by atoms with Gasteiger partial charge in [-0.15, -0.1) is 11.6 Å². The van der Waals surface area contributed by atoms with Gasteiger partial charge in [-0.2, -0.15) is 0 Å². The normalized spacial score (nSPS) is 18.4. The number of aromatic nitrogens is 1. The van der Waals surface area contributed by atoms with Crippen LogP contribution in [-0.2, 0) is 5.88 Å². The van der Waals surface area contributed by atoms with E-state index in [9.17, 15) is 0 Å². The molecule has 1 heterocycles. The number of pyridine rings is 1. The fraction of sp³-hybridized carbons (Fsp3) is 0.471. The van der Waals surface area contributed by atoms with Crippen molar-refractivity contribution in [2.24, 2.45) is 5.92 Å². The summed E-state index contributed by atoms with van der Waals surface area (Å²) < 4.78 is 0. The molecule has 2 nitrogen and oxygen atoms in total. The molecule has 2 aromatic rings. The number of halogens is 1. The van der Waals surface area contributed by atoms with Crippen LogP contribution in [0.25, 0.3) is 10.8 Å². The van der Waals surface area contributed by atoms with E-state index in [1.165, 1.54) is 43.0 Å². The Morgan fingerprint density at radius 3 is 2.65 bits per heavy atom. The second-order valence-corrected chi connectivity index (χ2v) is 6.39. The van der Waals surface area contributed by atoms with Gasteiger partial charge in [0.15, 0.2) is 0 Å². The van der Waals surface area contributed by atoms with Crippen molar-refractivity contribution in [2.75, 3.05) is 11.4 Å². The van der Waals surface area contributed by atoms with Gasteiger partial charge in [0.05, 0.1) is 11.6 Å². The maximum atomic E-state index is 6.04. The molecule has 0 unspecified atom stereocenters. The molecule has 2 saturated carbocycles. The first-order valence-electron chi connectivity index (χ1n) is 7.56. The van der Waals surface area contributed by atoms with Crippen molar-refractivity contribution in [2.45, 2.75) is 37.6 Å². The molecular weight excluding hydrogens is 268 g/mol. The molecule has 1 aromatic carbocycles. The lowest BCUT2D eigenvalue weighted by Crippen LogP contribution is -2.29. The standard InChI is InChI=1S/C17H19ClN2/c18-10-14-9-13-3-1-2-4-16(13)17(19-14)20(15-7-8-15)11-12-5-6-12/h1-4,9,12,15H,5-8,10-11H2. The summed E-state index contributed by atoms with van der Waals surface area (Å²) in [7, 11) is 0. The van der Waals surface area contributed by atoms with E-state index in [4.69, 9.17) is 16.6 Å². The SMILES string of the molecule is ClCc1cc2ccccc2c(N(CC2CC2)C2CC2)n1. The molecule has 3 heteroatoms. The number of benzene rings is 1. The van der Waals surface area contributed by atoms with Gasteiger partial charge in [-0.25, -0.2) is 4.98 Å². The first-order valence-corrected chi connectivity index (χ1v) is 8.10. The molecule has 0 saturated heterocycles. The first-order chi connectivity index (χ1) is 9.85. The lowest BCUT2D eigenvalue weighted by molar-refractivity contribution is 0.710. The Morgan fingerprint density at radius 2 is 1.95 bits per heavy atom. The molecule has 2 aliphatic carbocycles. The average molecular weight is 287 g/mol. The van der Waals surface area contributed by atoms with Crippen LogP contribution < -0.4 is 4.90 Å². The van der Waals surface area contributed by atoms with E-state index in [1.807, 2.05) is 0 Å². The highest BCUT2D eigenvalue weighted by Crippen LogP contribution is 2.39. The minimum absolute atomic E-state index is 0.486. The van der Waals surface area contributed by atoms with Crippen molar-refractivity contribution in [1.82, 2.24) is 4.98 Å². The Balaban J connectivity index is 1.82. The van der Waals surface area contributed by atoms with Crippen molar-refractivity contribution >= 4 is 28.2 Å². The Morgan fingerprint density at radius 1 is 1.15 bits per heavy atom. The zero-order chi connectivity index (χ0) is 13.5. The Labute approximate surface area is 124 Å². The minimum Gasteiger partial charge on any atom is -0.353 e. The van der Waals surface area contributed by atoms with Gasteiger partial charge < -0.3 is 4.90 Å². The van der Waals surface area contributed by atoms with Gasteiger partial charge in [0.25, 0.3) is 0 Å². The molecule has 0 N–H and O–H groups in total. The third kappa shape index (κ3) is 2.37. The number of fused-ring (bicyclic) bond motifs is 1. The highest BCUT2D eigenvalue weighted by molar-refractivity contribution is 6.17. The van der Waals surface area contributed by atoms with Gasteiger partial charge in [-0.05, 0) is 43.1 Å². The van der Waals surface area contributed by atoms with Crippen molar-refractivity contribution in [3.05, 3.63) is 36.0 Å². The van der Waals surface area contributed by atoms with E-state index >= 15 is 0 Å². The Kier molecular flexibility index (Phi) is 3.07. The van der Waals surface area contributed by atoms with Gasteiger partial charge in [-0.1, -0.05) is 24.3 Å². The molecular formula is C17H19ClN2. The zero-order valence-corrected chi connectivity index (χ0v) is 12.3. The lowest BCUT2D eigenvalue weighted by atomic mass is 10.1. The van der Waals surface area contributed by atoms with E-state index in [0.29, 0.717) is 11.9 Å². The van der Waals surface area contributed by atoms with Crippen molar-refractivity contribution in [3.8, 4) is 0 Å². The molecule has 0 spiro atoms. The molecule has 104 valence electrons. The lowest BCUT2D eigenvalue weighted by Gasteiger charge is -2.25. The van der Waals surface area contributed by atoms with Crippen LogP contribution in [0.3, 0.4) is 0 Å². The molecule has 2 aliphatic rings. The van der Waals surface area contributed by atoms with Crippen LogP contribution in [0.4, 0.5) is 5.82 Å². The number of rotatable bonds is 5. The number of anilines is 1. The molecule has 2 fully saturated rings. The summed E-state index contributed by atoms with van der Waals surface area (Å²) in [6.45, 7) is 1.17. The summed E-state index contributed by atoms with van der Waals surface area (Å²) in [5, 5.41) is 2.53. The maximum Gasteiger partial charge on any atom is 0.137 e. The van der Waals surface area contributed by atoms with Crippen LogP contribution in [0.15, 0.2) is 30.3 Å². The minimum atomic E-state index is 0.486. The largest absolute Gasteiger partial charge is 0.353 e. The van der Waals surface area contributed by atoms with E-state index < -0.39 is 0 Å². The molecule has 4 rings (SSSR count). The summed E-state index contributed by atoms with van der Waals surface area (Å²) in [6, 6.07) is 11.4. The predicted octanol–water partition coefficient (Wildman–Crippen LogP) is 4.35. The highest BCUT2D eigenvalue weighted by Gasteiger charge is 2.35. The van der Waals surface area contributed by atoms with E-state index in [2.05, 4.69) is 35.2 Å². The van der Waals surface area contributed by atoms with Crippen LogP contribution in [0, 0.1) is 5.92 Å². The van der Waals surface area contributed by atoms with Crippen LogP contribution in [0.5, 0.6) is 0 Å². The summed E-state index contributed by atoms with van der Waals surface area (Å²) in [6.07, 6.45) is 5.40. The number of hydrogen-bond donors (Lipinski definition) is 0. The molecule has 0 atom stereocenters. The van der Waals surface area contributed by atoms with Gasteiger partial charge in [-0.3, -0.25) is 0 Å². The van der Waals surface area contributed by atoms with E-state index in [1.54, 1.807) is 0 Å². The zero-order valence-electron chi connectivity index (χ0n) is 11.6. The number of alkyl halides is 1. The van der Waals surface area contributed by atoms with E-state index in [0.717, 1.165) is 17.4 Å². The molecule has 0 radical (unpaired) electrons. The monoisotopic (exact) mass is 286 g/mol. The van der Waals surface area contributed by atoms with Crippen LogP contribution in [0.2, 0.25) is 0 Å². The molecule has 1 aromatic heterocycles. The predicted molar refractivity (Wildman–Crippen MR) is 84.4 cm³/mol. The fourth-order valence-electron chi connectivity index (χ4n) is 2.90. The first kappa shape index (κ1) is 12.5. The summed E-state index contributed by atoms with van der Waals surface area (Å²) >= 11 is 6.04. The second kappa shape index (κ2) is 4.92. The van der Waals surface area contributed by atoms with Crippen molar-refractivity contribution in [3.63, 3.8) is 0 Å². The second-order valence-electron chi connectivity index (χ2n) is 6.12. The molecule has 0 amide bonds. The number of nitrogens with zero attached hydrogens (tertiary/aromatic N) is 2. The third-order valence-corrected chi connectivity index (χ3v) is 4.60. The third-order valence-electron chi connectivity index (χ3n) is 4.32. The fourth-order valence-corrected chi connectivity index (χ4v) is 3.03. The molecule has 0 aliphatic heterocycles. The topological polar surface area (TPSA) is 16.1 Å². The Bertz CT molecular complexity index is 632. The number of hydrogen-bond acceptors (Lipinski definition) is 2. The highest BCUT2D eigenvalue weighted by atomic mass is 35.5. The van der Waals surface area contributed by atoms with Crippen LogP contribution in [0.1, 0.15) is 31.4 Å². The van der Waals surface area contributed by atoms with Gasteiger partial charge in [0, 0.05) is 18.0 Å². The maximum absolute atomic E-state index is 6.04. The van der Waals surface area contributed by atoms with Crippen molar-refractivity contribution in [1.29, 1.82) is 0 Å². The Hall–Kier alpha value is -1.28. The van der Waals surface area contributed by atoms with Gasteiger partial charge in [0.1, 0.15) is 5.82 Å². The van der Waals surface area contributed by atoms with E-state index in [-0.39, 0.29) is 0 Å². The summed E-state index contributed by atoms with van der Waals surface area (Å²) in [4.78, 5) is 7.41. The van der Waals surface area contributed by atoms with Crippen LogP contribution >= 0.6 is 11.6 Å². The summed E-state index contributed by atoms with van der Waals surface area (Å²) in [5.74, 6) is 2.53. The molecule has 20 heavy (non-hydrogen) atoms. The average Bonchev–Trinajstić information content (AvgIpc) is 3.37. The quantitative estimate of drug-likeness (QED) is 0.760. The van der Waals surface area contributed by atoms with Gasteiger partial charge >= 0.3 is 0 Å². The van der Waals surface area contributed by atoms with Gasteiger partial charge in [0.2, 0.25) is 0 Å².